The largest absolute Gasteiger partial charge is 0.491 e. The quantitative estimate of drug-likeness (QED) is 0.465. The van der Waals surface area contributed by atoms with Crippen molar-refractivity contribution in [2.45, 2.75) is 26.0 Å². The Bertz CT molecular complexity index is 733. The summed E-state index contributed by atoms with van der Waals surface area (Å²) in [6.07, 6.45) is 0.496. The lowest BCUT2D eigenvalue weighted by Crippen LogP contribution is -2.26. The van der Waals surface area contributed by atoms with Gasteiger partial charge < -0.3 is 32.0 Å². The van der Waals surface area contributed by atoms with E-state index in [1.54, 1.807) is 12.1 Å². The van der Waals surface area contributed by atoms with Crippen molar-refractivity contribution in [1.82, 2.24) is 4.98 Å². The van der Waals surface area contributed by atoms with Gasteiger partial charge in [-0.15, -0.1) is 0 Å². The fourth-order valence-corrected chi connectivity index (χ4v) is 2.26. The fraction of sp³-hybridized carbons (Fsp3) is 0.333. The number of aliphatic hydroxyl groups is 1. The summed E-state index contributed by atoms with van der Waals surface area (Å²) in [5, 5.41) is 20.3. The van der Waals surface area contributed by atoms with Crippen LogP contribution in [0.4, 0.5) is 11.5 Å². The number of nitrogens with one attached hydrogen (secondary N) is 2. The number of nitrogens with zero attached hydrogens (tertiary/aromatic N) is 1. The third-order valence-electron chi connectivity index (χ3n) is 3.50. The Hall–Kier alpha value is -2.64. The second-order valence-electron chi connectivity index (χ2n) is 6.03. The highest BCUT2D eigenvalue weighted by Gasteiger charge is 2.12. The minimum atomic E-state index is -0.703. The maximum atomic E-state index is 9.51. The molecule has 0 saturated heterocycles. The summed E-state index contributed by atoms with van der Waals surface area (Å²) in [6, 6.07) is 9.27. The lowest BCUT2D eigenvalue weighted by atomic mass is 10.1. The van der Waals surface area contributed by atoms with Gasteiger partial charge in [-0.05, 0) is 32.0 Å². The van der Waals surface area contributed by atoms with Gasteiger partial charge in [-0.1, -0.05) is 12.1 Å². The van der Waals surface area contributed by atoms with Gasteiger partial charge in [0, 0.05) is 30.1 Å². The molecule has 0 aliphatic carbocycles. The smallest absolute Gasteiger partial charge is 0.137 e. The number of hydrogen-bond donors (Lipinski definition) is 5. The molecule has 25 heavy (non-hydrogen) atoms. The summed E-state index contributed by atoms with van der Waals surface area (Å²) >= 11 is 0. The molecule has 134 valence electrons. The molecule has 0 bridgehead atoms. The second kappa shape index (κ2) is 8.46. The lowest BCUT2D eigenvalue weighted by Gasteiger charge is -2.16. The molecule has 1 aromatic heterocycles. The predicted octanol–water partition coefficient (Wildman–Crippen LogP) is 1.85. The lowest BCUT2D eigenvalue weighted by molar-refractivity contribution is 0.114. The van der Waals surface area contributed by atoms with Crippen LogP contribution >= 0.6 is 0 Å². The molecular formula is C18H25N5O2. The first-order chi connectivity index (χ1) is 11.9. The van der Waals surface area contributed by atoms with Gasteiger partial charge in [-0.2, -0.15) is 0 Å². The van der Waals surface area contributed by atoms with Crippen LogP contribution in [-0.2, 0) is 0 Å². The number of pyridine rings is 1. The van der Waals surface area contributed by atoms with E-state index in [4.69, 9.17) is 21.6 Å². The van der Waals surface area contributed by atoms with Crippen molar-refractivity contribution < 1.29 is 9.84 Å². The first kappa shape index (κ1) is 18.7. The molecule has 0 radical (unpaired) electrons. The topological polar surface area (TPSA) is 130 Å². The monoisotopic (exact) mass is 343 g/mol. The van der Waals surface area contributed by atoms with Crippen LogP contribution in [0, 0.1) is 5.41 Å². The number of hydrogen-bond acceptors (Lipinski definition) is 7. The molecule has 7 N–H and O–H groups in total. The van der Waals surface area contributed by atoms with Gasteiger partial charge in [0.25, 0.3) is 0 Å². The van der Waals surface area contributed by atoms with Crippen molar-refractivity contribution in [2.75, 3.05) is 24.2 Å². The third kappa shape index (κ3) is 4.91. The molecule has 1 heterocycles. The van der Waals surface area contributed by atoms with Gasteiger partial charge in [-0.25, -0.2) is 4.98 Å². The number of aliphatic hydroxyl groups excluding tert-OH is 1. The standard InChI is InChI=1S/C18H25N5O2/c1-11(2)22-18-15(9-20)16(21)7-17(23-18)12-4-3-5-14(6-12)25-10-13(24)8-19/h3-7,9,11,13,20,24H,8,10,19H2,1-2H3,(H3,21,22,23). The molecule has 2 rings (SSSR count). The molecule has 0 aliphatic heterocycles. The van der Waals surface area contributed by atoms with Crippen molar-refractivity contribution in [3.05, 3.63) is 35.9 Å². The maximum Gasteiger partial charge on any atom is 0.137 e. The van der Waals surface area contributed by atoms with Crippen molar-refractivity contribution in [1.29, 1.82) is 5.41 Å². The normalized spacial score (nSPS) is 12.0. The highest BCUT2D eigenvalue weighted by molar-refractivity contribution is 5.93. The molecule has 7 heteroatoms. The summed E-state index contributed by atoms with van der Waals surface area (Å²) in [5.74, 6) is 1.18. The maximum absolute atomic E-state index is 9.51. The predicted molar refractivity (Wildman–Crippen MR) is 101 cm³/mol. The molecule has 0 amide bonds. The van der Waals surface area contributed by atoms with Crippen LogP contribution in [0.15, 0.2) is 30.3 Å². The fourth-order valence-electron chi connectivity index (χ4n) is 2.26. The van der Waals surface area contributed by atoms with Gasteiger partial charge in [0.2, 0.25) is 0 Å². The summed E-state index contributed by atoms with van der Waals surface area (Å²) in [4.78, 5) is 4.60. The van der Waals surface area contributed by atoms with Crippen molar-refractivity contribution in [3.63, 3.8) is 0 Å². The van der Waals surface area contributed by atoms with E-state index in [-0.39, 0.29) is 19.2 Å². The Balaban J connectivity index is 2.34. The van der Waals surface area contributed by atoms with Crippen molar-refractivity contribution >= 4 is 17.7 Å². The van der Waals surface area contributed by atoms with Crippen molar-refractivity contribution in [2.24, 2.45) is 5.73 Å². The van der Waals surface area contributed by atoms with Crippen LogP contribution in [0.5, 0.6) is 5.75 Å². The molecule has 1 atom stereocenters. The van der Waals surface area contributed by atoms with Crippen LogP contribution in [0.25, 0.3) is 11.3 Å². The van der Waals surface area contributed by atoms with E-state index in [9.17, 15) is 5.11 Å². The van der Waals surface area contributed by atoms with Gasteiger partial charge in [0.1, 0.15) is 24.3 Å². The highest BCUT2D eigenvalue weighted by Crippen LogP contribution is 2.28. The average Bonchev–Trinajstić information content (AvgIpc) is 2.59. The van der Waals surface area contributed by atoms with Gasteiger partial charge in [0.05, 0.1) is 11.3 Å². The first-order valence-corrected chi connectivity index (χ1v) is 8.13. The first-order valence-electron chi connectivity index (χ1n) is 8.13. The second-order valence-corrected chi connectivity index (χ2v) is 6.03. The van der Waals surface area contributed by atoms with Crippen LogP contribution in [0.1, 0.15) is 19.4 Å². The number of nitrogen functional groups attached to an aromatic ring is 1. The Morgan fingerprint density at radius 2 is 2.12 bits per heavy atom. The minimum absolute atomic E-state index is 0.127. The Labute approximate surface area is 147 Å². The zero-order valence-electron chi connectivity index (χ0n) is 14.5. The zero-order valence-corrected chi connectivity index (χ0v) is 14.5. The average molecular weight is 343 g/mol. The van der Waals surface area contributed by atoms with Crippen LogP contribution < -0.4 is 21.5 Å². The summed E-state index contributed by atoms with van der Waals surface area (Å²) in [7, 11) is 0. The molecule has 1 unspecified atom stereocenters. The molecule has 0 fully saturated rings. The molecular weight excluding hydrogens is 318 g/mol. The van der Waals surface area contributed by atoms with E-state index in [0.29, 0.717) is 28.5 Å². The van der Waals surface area contributed by atoms with E-state index in [1.807, 2.05) is 32.0 Å². The van der Waals surface area contributed by atoms with Gasteiger partial charge in [-0.3, -0.25) is 0 Å². The molecule has 0 spiro atoms. The summed E-state index contributed by atoms with van der Waals surface area (Å²) < 4.78 is 5.55. The zero-order chi connectivity index (χ0) is 18.4. The summed E-state index contributed by atoms with van der Waals surface area (Å²) in [5.41, 5.74) is 14.0. The van der Waals surface area contributed by atoms with Gasteiger partial charge in [0.15, 0.2) is 0 Å². The number of aromatic nitrogens is 1. The van der Waals surface area contributed by atoms with E-state index < -0.39 is 6.10 Å². The van der Waals surface area contributed by atoms with Crippen LogP contribution in [-0.4, -0.2) is 41.6 Å². The van der Waals surface area contributed by atoms with Crippen molar-refractivity contribution in [3.8, 4) is 17.0 Å². The number of rotatable bonds is 8. The van der Waals surface area contributed by atoms with E-state index in [1.165, 1.54) is 6.21 Å². The number of benzene rings is 1. The Morgan fingerprint density at radius 3 is 2.76 bits per heavy atom. The molecule has 7 nitrogen and oxygen atoms in total. The van der Waals surface area contributed by atoms with Gasteiger partial charge >= 0.3 is 0 Å². The van der Waals surface area contributed by atoms with Crippen LogP contribution in [0.3, 0.4) is 0 Å². The Kier molecular flexibility index (Phi) is 6.32. The third-order valence-corrected chi connectivity index (χ3v) is 3.50. The highest BCUT2D eigenvalue weighted by atomic mass is 16.5. The summed E-state index contributed by atoms with van der Waals surface area (Å²) in [6.45, 7) is 4.26. The number of nitrogens with two attached hydrogens (primary N) is 2. The minimum Gasteiger partial charge on any atom is -0.491 e. The molecule has 2 aromatic rings. The van der Waals surface area contributed by atoms with E-state index in [2.05, 4.69) is 10.3 Å². The number of ether oxygens (including phenoxy) is 1. The SMILES string of the molecule is CC(C)Nc1nc(-c2cccc(OCC(O)CN)c2)cc(N)c1C=N. The molecule has 0 aliphatic rings. The Morgan fingerprint density at radius 1 is 1.36 bits per heavy atom. The van der Waals surface area contributed by atoms with Crippen LogP contribution in [0.2, 0.25) is 0 Å². The van der Waals surface area contributed by atoms with E-state index in [0.717, 1.165) is 5.56 Å². The number of anilines is 2. The van der Waals surface area contributed by atoms with E-state index >= 15 is 0 Å². The molecule has 0 saturated carbocycles. The molecule has 1 aromatic carbocycles.